The molecular formula is C21H33N7O2S. The summed E-state index contributed by atoms with van der Waals surface area (Å²) < 4.78 is 29.5. The quantitative estimate of drug-likeness (QED) is 0.727. The standard InChI is InChI=1S/C21H33N7O2S/c1-4-26-15-20(23-17(26)3)31(29,30)28-12-10-27(11-13-28)19-14-16(2)22-21(25-19)24-18-8-6-5-7-9-18/h14-15,18H,4-13H2,1-3H3,(H,22,24,25). The third-order valence-corrected chi connectivity index (χ3v) is 8.01. The molecule has 2 fully saturated rings. The van der Waals surface area contributed by atoms with Gasteiger partial charge >= 0.3 is 0 Å². The molecule has 31 heavy (non-hydrogen) atoms. The fourth-order valence-corrected chi connectivity index (χ4v) is 5.84. The van der Waals surface area contributed by atoms with Crippen LogP contribution >= 0.6 is 0 Å². The van der Waals surface area contributed by atoms with E-state index >= 15 is 0 Å². The van der Waals surface area contributed by atoms with Crippen molar-refractivity contribution in [2.75, 3.05) is 36.4 Å². The zero-order valence-corrected chi connectivity index (χ0v) is 19.5. The van der Waals surface area contributed by atoms with Crippen LogP contribution in [-0.4, -0.2) is 64.5 Å². The molecular weight excluding hydrogens is 414 g/mol. The fraction of sp³-hybridized carbons (Fsp3) is 0.667. The number of aryl methyl sites for hydroxylation is 3. The molecule has 1 aliphatic carbocycles. The SMILES string of the molecule is CCn1cc(S(=O)(=O)N2CCN(c3cc(C)nc(NC4CCCCC4)n3)CC2)nc1C. The van der Waals surface area contributed by atoms with E-state index < -0.39 is 10.0 Å². The predicted molar refractivity (Wildman–Crippen MR) is 121 cm³/mol. The van der Waals surface area contributed by atoms with Gasteiger partial charge in [0.2, 0.25) is 5.95 Å². The molecule has 1 saturated carbocycles. The Balaban J connectivity index is 1.43. The molecule has 0 aromatic carbocycles. The summed E-state index contributed by atoms with van der Waals surface area (Å²) in [5, 5.41) is 3.64. The topological polar surface area (TPSA) is 96.2 Å². The number of aromatic nitrogens is 4. The van der Waals surface area contributed by atoms with Gasteiger partial charge in [0.05, 0.1) is 0 Å². The van der Waals surface area contributed by atoms with Gasteiger partial charge in [0.25, 0.3) is 10.0 Å². The summed E-state index contributed by atoms with van der Waals surface area (Å²) in [7, 11) is -3.59. The molecule has 0 bridgehead atoms. The Morgan fingerprint density at radius 3 is 2.39 bits per heavy atom. The number of imidazole rings is 1. The largest absolute Gasteiger partial charge is 0.354 e. The lowest BCUT2D eigenvalue weighted by Crippen LogP contribution is -2.49. The van der Waals surface area contributed by atoms with Crippen LogP contribution in [0.3, 0.4) is 0 Å². The molecule has 1 saturated heterocycles. The first kappa shape index (κ1) is 22.0. The summed E-state index contributed by atoms with van der Waals surface area (Å²) in [6.45, 7) is 8.49. The summed E-state index contributed by atoms with van der Waals surface area (Å²) in [6.07, 6.45) is 7.77. The number of sulfonamides is 1. The minimum Gasteiger partial charge on any atom is -0.354 e. The van der Waals surface area contributed by atoms with Crippen molar-refractivity contribution in [3.63, 3.8) is 0 Å². The predicted octanol–water partition coefficient (Wildman–Crippen LogP) is 2.57. The maximum absolute atomic E-state index is 13.0. The highest BCUT2D eigenvalue weighted by Crippen LogP contribution is 2.24. The van der Waals surface area contributed by atoms with Gasteiger partial charge in [-0.05, 0) is 33.6 Å². The van der Waals surface area contributed by atoms with Crippen LogP contribution in [0.1, 0.15) is 50.5 Å². The van der Waals surface area contributed by atoms with Crippen molar-refractivity contribution in [2.45, 2.75) is 70.5 Å². The highest BCUT2D eigenvalue weighted by atomic mass is 32.2. The monoisotopic (exact) mass is 447 g/mol. The van der Waals surface area contributed by atoms with E-state index in [1.807, 2.05) is 31.4 Å². The van der Waals surface area contributed by atoms with E-state index in [-0.39, 0.29) is 5.03 Å². The minimum absolute atomic E-state index is 0.136. The van der Waals surface area contributed by atoms with Gasteiger partial charge in [-0.25, -0.2) is 18.4 Å². The van der Waals surface area contributed by atoms with Crippen LogP contribution in [0.2, 0.25) is 0 Å². The van der Waals surface area contributed by atoms with Gasteiger partial charge in [0.15, 0.2) is 5.03 Å². The average molecular weight is 448 g/mol. The van der Waals surface area contributed by atoms with E-state index in [4.69, 9.17) is 4.98 Å². The summed E-state index contributed by atoms with van der Waals surface area (Å²) in [5.74, 6) is 2.25. The third kappa shape index (κ3) is 4.85. The van der Waals surface area contributed by atoms with Crippen LogP contribution < -0.4 is 10.2 Å². The second kappa shape index (κ2) is 9.12. The zero-order valence-electron chi connectivity index (χ0n) is 18.7. The molecule has 0 atom stereocenters. The Morgan fingerprint density at radius 1 is 1.03 bits per heavy atom. The number of hydrogen-bond donors (Lipinski definition) is 1. The van der Waals surface area contributed by atoms with Crippen LogP contribution in [0.4, 0.5) is 11.8 Å². The lowest BCUT2D eigenvalue weighted by atomic mass is 9.96. The van der Waals surface area contributed by atoms with Crippen LogP contribution in [0.25, 0.3) is 0 Å². The van der Waals surface area contributed by atoms with Crippen LogP contribution in [0.15, 0.2) is 17.3 Å². The molecule has 1 aliphatic heterocycles. The van der Waals surface area contributed by atoms with Crippen LogP contribution in [0, 0.1) is 13.8 Å². The molecule has 9 nitrogen and oxygen atoms in total. The van der Waals surface area contributed by atoms with Gasteiger partial charge in [0, 0.05) is 56.7 Å². The minimum atomic E-state index is -3.59. The van der Waals surface area contributed by atoms with Gasteiger partial charge < -0.3 is 14.8 Å². The van der Waals surface area contributed by atoms with E-state index in [9.17, 15) is 8.42 Å². The van der Waals surface area contributed by atoms with E-state index in [2.05, 4.69) is 20.2 Å². The molecule has 3 heterocycles. The van der Waals surface area contributed by atoms with Crippen molar-refractivity contribution < 1.29 is 8.42 Å². The summed E-state index contributed by atoms with van der Waals surface area (Å²) >= 11 is 0. The molecule has 0 amide bonds. The normalized spacial score (nSPS) is 19.0. The smallest absolute Gasteiger partial charge is 0.262 e. The van der Waals surface area contributed by atoms with E-state index in [0.29, 0.717) is 50.5 Å². The highest BCUT2D eigenvalue weighted by Gasteiger charge is 2.31. The second-order valence-electron chi connectivity index (χ2n) is 8.47. The molecule has 2 aromatic heterocycles. The van der Waals surface area contributed by atoms with Gasteiger partial charge in [-0.1, -0.05) is 19.3 Å². The number of hydrogen-bond acceptors (Lipinski definition) is 7. The second-order valence-corrected chi connectivity index (χ2v) is 10.4. The maximum atomic E-state index is 13.0. The van der Waals surface area contributed by atoms with Crippen molar-refractivity contribution in [2.24, 2.45) is 0 Å². The van der Waals surface area contributed by atoms with Gasteiger partial charge in [0.1, 0.15) is 11.6 Å². The van der Waals surface area contributed by atoms with Gasteiger partial charge in [-0.15, -0.1) is 0 Å². The molecule has 4 rings (SSSR count). The van der Waals surface area contributed by atoms with Gasteiger partial charge in [-0.3, -0.25) is 0 Å². The Labute approximate surface area is 184 Å². The van der Waals surface area contributed by atoms with Crippen molar-refractivity contribution in [1.29, 1.82) is 0 Å². The molecule has 0 spiro atoms. The number of rotatable bonds is 6. The lowest BCUT2D eigenvalue weighted by molar-refractivity contribution is 0.382. The maximum Gasteiger partial charge on any atom is 0.262 e. The van der Waals surface area contributed by atoms with E-state index in [0.717, 1.165) is 24.4 Å². The molecule has 0 radical (unpaired) electrons. The first-order valence-corrected chi connectivity index (χ1v) is 12.7. The van der Waals surface area contributed by atoms with Crippen molar-refractivity contribution in [3.05, 3.63) is 23.8 Å². The molecule has 1 N–H and O–H groups in total. The summed E-state index contributed by atoms with van der Waals surface area (Å²) in [5.41, 5.74) is 0.916. The highest BCUT2D eigenvalue weighted by molar-refractivity contribution is 7.89. The van der Waals surface area contributed by atoms with Crippen molar-refractivity contribution in [3.8, 4) is 0 Å². The van der Waals surface area contributed by atoms with Crippen LogP contribution in [-0.2, 0) is 16.6 Å². The third-order valence-electron chi connectivity index (χ3n) is 6.24. The Kier molecular flexibility index (Phi) is 6.47. The number of piperazine rings is 1. The average Bonchev–Trinajstić information content (AvgIpc) is 3.16. The molecule has 10 heteroatoms. The summed E-state index contributed by atoms with van der Waals surface area (Å²) in [4.78, 5) is 15.7. The molecule has 2 aromatic rings. The Hall–Kier alpha value is -2.20. The zero-order chi connectivity index (χ0) is 22.0. The van der Waals surface area contributed by atoms with E-state index in [1.165, 1.54) is 23.6 Å². The Morgan fingerprint density at radius 2 is 1.74 bits per heavy atom. The van der Waals surface area contributed by atoms with Crippen LogP contribution in [0.5, 0.6) is 0 Å². The first-order valence-electron chi connectivity index (χ1n) is 11.3. The molecule has 170 valence electrons. The Bertz CT molecular complexity index is 1010. The number of nitrogens with zero attached hydrogens (tertiary/aromatic N) is 6. The van der Waals surface area contributed by atoms with Crippen molar-refractivity contribution >= 4 is 21.8 Å². The number of anilines is 2. The number of nitrogens with one attached hydrogen (secondary N) is 1. The van der Waals surface area contributed by atoms with E-state index in [1.54, 1.807) is 6.20 Å². The first-order chi connectivity index (χ1) is 14.9. The molecule has 0 unspecified atom stereocenters. The summed E-state index contributed by atoms with van der Waals surface area (Å²) in [6, 6.07) is 2.42. The fourth-order valence-electron chi connectivity index (χ4n) is 4.42. The lowest BCUT2D eigenvalue weighted by Gasteiger charge is -2.34. The van der Waals surface area contributed by atoms with Gasteiger partial charge in [-0.2, -0.15) is 9.29 Å². The molecule has 2 aliphatic rings. The van der Waals surface area contributed by atoms with Crippen molar-refractivity contribution in [1.82, 2.24) is 23.8 Å².